The molecular weight excluding hydrogens is 463 g/mol. The largest absolute Gasteiger partial charge is 0.489 e. The van der Waals surface area contributed by atoms with E-state index in [4.69, 9.17) is 39.5 Å². The fraction of sp³-hybridized carbons (Fsp3) is 0.0455. The summed E-state index contributed by atoms with van der Waals surface area (Å²) in [6.45, 7) is 0.223. The van der Waals surface area contributed by atoms with Crippen molar-refractivity contribution in [2.45, 2.75) is 6.61 Å². The van der Waals surface area contributed by atoms with E-state index < -0.39 is 4.92 Å². The number of hydrogen-bond donors (Lipinski definition) is 1. The summed E-state index contributed by atoms with van der Waals surface area (Å²) in [5.41, 5.74) is 1.39. The Morgan fingerprint density at radius 1 is 1.03 bits per heavy atom. The van der Waals surface area contributed by atoms with Crippen LogP contribution in [0.25, 0.3) is 0 Å². The van der Waals surface area contributed by atoms with Gasteiger partial charge >= 0.3 is 0 Å². The molecule has 1 N–H and O–H groups in total. The summed E-state index contributed by atoms with van der Waals surface area (Å²) in [4.78, 5) is 22.8. The van der Waals surface area contributed by atoms with Crippen molar-refractivity contribution >= 4 is 52.0 Å². The molecule has 3 aromatic rings. The van der Waals surface area contributed by atoms with Gasteiger partial charge in [-0.2, -0.15) is 0 Å². The maximum atomic E-state index is 12.4. The smallest absolute Gasteiger partial charge is 0.289 e. The highest BCUT2D eigenvalue weighted by molar-refractivity contribution is 6.35. The molecule has 0 saturated carbocycles. The van der Waals surface area contributed by atoms with Crippen molar-refractivity contribution in [2.24, 2.45) is 0 Å². The minimum atomic E-state index is -0.578. The predicted octanol–water partition coefficient (Wildman–Crippen LogP) is 6.94. The average molecular weight is 478 g/mol. The molecular formula is C22H15Cl3N2O4. The second-order valence-corrected chi connectivity index (χ2v) is 7.57. The number of nitro groups is 1. The van der Waals surface area contributed by atoms with Gasteiger partial charge < -0.3 is 10.1 Å². The Hall–Kier alpha value is -3.06. The average Bonchev–Trinajstić information content (AvgIpc) is 2.74. The Morgan fingerprint density at radius 3 is 2.58 bits per heavy atom. The first-order valence-corrected chi connectivity index (χ1v) is 10.0. The van der Waals surface area contributed by atoms with Crippen molar-refractivity contribution in [2.75, 3.05) is 5.32 Å². The van der Waals surface area contributed by atoms with Gasteiger partial charge in [0.1, 0.15) is 17.4 Å². The van der Waals surface area contributed by atoms with Crippen LogP contribution < -0.4 is 10.1 Å². The molecule has 0 bridgehead atoms. The van der Waals surface area contributed by atoms with Crippen LogP contribution in [-0.4, -0.2) is 10.7 Å². The number of benzene rings is 3. The number of rotatable bonds is 8. The van der Waals surface area contributed by atoms with Crippen molar-refractivity contribution in [1.29, 1.82) is 0 Å². The van der Waals surface area contributed by atoms with Crippen LogP contribution in [0.5, 0.6) is 5.75 Å². The molecule has 9 heteroatoms. The van der Waals surface area contributed by atoms with Crippen molar-refractivity contribution in [1.82, 2.24) is 0 Å². The summed E-state index contributed by atoms with van der Waals surface area (Å²) in [5.74, 6) is 0.234. The maximum absolute atomic E-state index is 12.4. The summed E-state index contributed by atoms with van der Waals surface area (Å²) in [6.07, 6.45) is 2.71. The Balaban J connectivity index is 1.63. The van der Waals surface area contributed by atoms with E-state index in [2.05, 4.69) is 5.32 Å². The number of carbonyl (C=O) groups is 1. The van der Waals surface area contributed by atoms with Crippen molar-refractivity contribution in [3.8, 4) is 5.75 Å². The first-order valence-electron chi connectivity index (χ1n) is 8.91. The van der Waals surface area contributed by atoms with Crippen LogP contribution in [0.3, 0.4) is 0 Å². The van der Waals surface area contributed by atoms with Gasteiger partial charge in [0.25, 0.3) is 5.69 Å². The highest BCUT2D eigenvalue weighted by Crippen LogP contribution is 2.27. The van der Waals surface area contributed by atoms with Gasteiger partial charge in [-0.3, -0.25) is 14.9 Å². The Morgan fingerprint density at radius 2 is 1.84 bits per heavy atom. The molecule has 0 aliphatic carbocycles. The molecule has 0 amide bonds. The quantitative estimate of drug-likeness (QED) is 0.164. The van der Waals surface area contributed by atoms with Gasteiger partial charge in [0.05, 0.1) is 4.92 Å². The molecule has 0 radical (unpaired) electrons. The van der Waals surface area contributed by atoms with Gasteiger partial charge in [0, 0.05) is 45.2 Å². The third-order valence-corrected chi connectivity index (χ3v) is 5.06. The Kier molecular flexibility index (Phi) is 7.52. The van der Waals surface area contributed by atoms with E-state index in [9.17, 15) is 14.9 Å². The molecule has 0 aromatic heterocycles. The van der Waals surface area contributed by atoms with Crippen LogP contribution in [0.1, 0.15) is 15.9 Å². The molecule has 0 aliphatic heterocycles. The summed E-state index contributed by atoms with van der Waals surface area (Å²) >= 11 is 17.8. The van der Waals surface area contributed by atoms with Crippen LogP contribution in [0.15, 0.2) is 72.9 Å². The molecule has 6 nitrogen and oxygen atoms in total. The molecule has 158 valence electrons. The summed E-state index contributed by atoms with van der Waals surface area (Å²) in [7, 11) is 0. The minimum Gasteiger partial charge on any atom is -0.489 e. The predicted molar refractivity (Wildman–Crippen MR) is 122 cm³/mol. The number of anilines is 1. The van der Waals surface area contributed by atoms with E-state index in [0.29, 0.717) is 27.0 Å². The van der Waals surface area contributed by atoms with E-state index >= 15 is 0 Å². The summed E-state index contributed by atoms with van der Waals surface area (Å²) in [5, 5.41) is 14.8. The Bertz CT molecular complexity index is 1170. The van der Waals surface area contributed by atoms with Gasteiger partial charge in [-0.25, -0.2) is 0 Å². The highest BCUT2D eigenvalue weighted by atomic mass is 35.5. The number of hydrogen-bond acceptors (Lipinski definition) is 5. The lowest BCUT2D eigenvalue weighted by molar-refractivity contribution is -0.384. The molecule has 0 atom stereocenters. The SMILES string of the molecule is O=C(C=CNc1ccc(Cl)c([N+](=O)[O-])c1)c1cccc(OCc2ccc(Cl)cc2Cl)c1. The Labute approximate surface area is 193 Å². The van der Waals surface area contributed by atoms with Gasteiger partial charge in [0.2, 0.25) is 0 Å². The number of nitrogens with zero attached hydrogens (tertiary/aromatic N) is 1. The zero-order chi connectivity index (χ0) is 22.4. The lowest BCUT2D eigenvalue weighted by atomic mass is 10.1. The van der Waals surface area contributed by atoms with Crippen LogP contribution in [0.4, 0.5) is 11.4 Å². The van der Waals surface area contributed by atoms with Gasteiger partial charge in [0.15, 0.2) is 5.78 Å². The third kappa shape index (κ3) is 6.21. The van der Waals surface area contributed by atoms with E-state index in [-0.39, 0.29) is 23.1 Å². The molecule has 0 spiro atoms. The first-order chi connectivity index (χ1) is 14.8. The lowest BCUT2D eigenvalue weighted by Gasteiger charge is -2.09. The van der Waals surface area contributed by atoms with Crippen molar-refractivity contribution < 1.29 is 14.5 Å². The second kappa shape index (κ2) is 10.3. The normalized spacial score (nSPS) is 10.8. The van der Waals surface area contributed by atoms with Crippen LogP contribution in [0, 0.1) is 10.1 Å². The molecule has 0 saturated heterocycles. The molecule has 3 rings (SSSR count). The fourth-order valence-corrected chi connectivity index (χ4v) is 3.24. The number of nitrogens with one attached hydrogen (secondary N) is 1. The molecule has 0 unspecified atom stereocenters. The summed E-state index contributed by atoms with van der Waals surface area (Å²) in [6, 6.07) is 16.1. The number of halogens is 3. The van der Waals surface area contributed by atoms with E-state index in [1.165, 1.54) is 24.4 Å². The molecule has 0 fully saturated rings. The zero-order valence-electron chi connectivity index (χ0n) is 15.8. The number of allylic oxidation sites excluding steroid dienone is 1. The van der Waals surface area contributed by atoms with Gasteiger partial charge in [-0.05, 0) is 36.4 Å². The van der Waals surface area contributed by atoms with E-state index in [1.54, 1.807) is 48.5 Å². The van der Waals surface area contributed by atoms with E-state index in [0.717, 1.165) is 5.56 Å². The van der Waals surface area contributed by atoms with Crippen molar-refractivity contribution in [3.63, 3.8) is 0 Å². The lowest BCUT2D eigenvalue weighted by Crippen LogP contribution is -2.00. The zero-order valence-corrected chi connectivity index (χ0v) is 18.1. The number of carbonyl (C=O) groups excluding carboxylic acids is 1. The van der Waals surface area contributed by atoms with Crippen molar-refractivity contribution in [3.05, 3.63) is 109 Å². The number of ketones is 1. The monoisotopic (exact) mass is 476 g/mol. The van der Waals surface area contributed by atoms with Gasteiger partial charge in [-0.15, -0.1) is 0 Å². The van der Waals surface area contributed by atoms with Crippen LogP contribution >= 0.6 is 34.8 Å². The third-order valence-electron chi connectivity index (χ3n) is 4.16. The second-order valence-electron chi connectivity index (χ2n) is 6.32. The van der Waals surface area contributed by atoms with E-state index in [1.807, 2.05) is 0 Å². The molecule has 31 heavy (non-hydrogen) atoms. The fourth-order valence-electron chi connectivity index (χ4n) is 2.59. The number of ether oxygens (including phenoxy) is 1. The highest BCUT2D eigenvalue weighted by Gasteiger charge is 2.12. The van der Waals surface area contributed by atoms with Crippen LogP contribution in [0.2, 0.25) is 15.1 Å². The molecule has 3 aromatic carbocycles. The topological polar surface area (TPSA) is 81.5 Å². The standard InChI is InChI=1S/C22H15Cl3N2O4/c23-16-5-4-15(20(25)11-16)13-31-18-3-1-2-14(10-18)22(28)8-9-26-17-6-7-19(24)21(12-17)27(29)30/h1-12,26H,13H2. The van der Waals surface area contributed by atoms with Gasteiger partial charge in [-0.1, -0.05) is 53.0 Å². The van der Waals surface area contributed by atoms with Crippen LogP contribution in [-0.2, 0) is 6.61 Å². The molecule has 0 aliphatic rings. The number of nitro benzene ring substituents is 1. The molecule has 0 heterocycles. The minimum absolute atomic E-state index is 0.0345. The first kappa shape index (κ1) is 22.6. The summed E-state index contributed by atoms with van der Waals surface area (Å²) < 4.78 is 5.73. The maximum Gasteiger partial charge on any atom is 0.289 e.